The number of hydrogen-bond donors (Lipinski definition) is 9. The molecule has 4 unspecified atom stereocenters. The quantitative estimate of drug-likeness (QED) is 0.120. The minimum Gasteiger partial charge on any atom is -0.394 e. The van der Waals surface area contributed by atoms with E-state index in [1.807, 2.05) is 0 Å². The molecule has 0 bridgehead atoms. The minimum absolute atomic E-state index is 0.242. The number of halogens is 1. The Morgan fingerprint density at radius 1 is 1.02 bits per heavy atom. The molecule has 6 rings (SSSR count). The molecule has 0 amide bonds. The summed E-state index contributed by atoms with van der Waals surface area (Å²) >= 11 is 0. The standard InChI is InChI=1S/C34H49FO15/c1-15-8-19-18-5-4-16-9-17(39)6-7-30(16,2)33(18,35)22(40)10-31(19,3)34(15,46)23(41)13-47-32(14-38)28(45)27(21(12-37)50-32)49-29-26(44)25(43)24(42)20(11-36)48-29/h6-7,9,15,18-22,24-29,36-38,40,42-46H,4-5,8,10-14H2,1-3H3/t15-,18+,19+,20?,21-,22+,24+,25-,26?,27?,28-,29+,30+,31+,32?,33+,34+/m1/s1. The first kappa shape index (κ1) is 38.0. The van der Waals surface area contributed by atoms with Gasteiger partial charge >= 0.3 is 0 Å². The van der Waals surface area contributed by atoms with Gasteiger partial charge in [0.15, 0.2) is 23.5 Å². The molecule has 0 aromatic heterocycles. The van der Waals surface area contributed by atoms with Crippen LogP contribution in [0.2, 0.25) is 0 Å². The normalized spacial score (nSPS) is 53.1. The van der Waals surface area contributed by atoms with E-state index in [0.29, 0.717) is 12.0 Å². The van der Waals surface area contributed by atoms with Gasteiger partial charge in [-0.2, -0.15) is 0 Å². The van der Waals surface area contributed by atoms with Crippen molar-refractivity contribution in [3.05, 3.63) is 23.8 Å². The molecule has 16 heteroatoms. The fraction of sp³-hybridized carbons (Fsp3) is 0.824. The third-order valence-electron chi connectivity index (χ3n) is 13.1. The summed E-state index contributed by atoms with van der Waals surface area (Å²) in [6.07, 6.45) is -10.2. The number of ketones is 2. The van der Waals surface area contributed by atoms with Crippen molar-refractivity contribution in [2.75, 3.05) is 26.4 Å². The number of hydrogen-bond acceptors (Lipinski definition) is 15. The molecule has 17 atom stereocenters. The predicted octanol–water partition coefficient (Wildman–Crippen LogP) is -2.45. The zero-order valence-electron chi connectivity index (χ0n) is 28.2. The van der Waals surface area contributed by atoms with Gasteiger partial charge < -0.3 is 64.9 Å². The van der Waals surface area contributed by atoms with Crippen molar-refractivity contribution in [3.8, 4) is 0 Å². The number of carbonyl (C=O) groups excluding carboxylic acids is 2. The van der Waals surface area contributed by atoms with Crippen molar-refractivity contribution in [2.45, 2.75) is 119 Å². The molecule has 0 aromatic carbocycles. The van der Waals surface area contributed by atoms with E-state index in [0.717, 1.165) is 0 Å². The lowest BCUT2D eigenvalue weighted by Gasteiger charge is -2.62. The molecular weight excluding hydrogens is 667 g/mol. The molecule has 282 valence electrons. The average Bonchev–Trinajstić information content (AvgIpc) is 3.47. The van der Waals surface area contributed by atoms with E-state index in [9.17, 15) is 55.5 Å². The number of alkyl halides is 1. The summed E-state index contributed by atoms with van der Waals surface area (Å²) in [5.74, 6) is -5.58. The Labute approximate surface area is 287 Å². The maximum absolute atomic E-state index is 17.5. The lowest BCUT2D eigenvalue weighted by molar-refractivity contribution is -0.319. The summed E-state index contributed by atoms with van der Waals surface area (Å²) in [5.41, 5.74) is -6.33. The molecule has 0 spiro atoms. The first-order chi connectivity index (χ1) is 23.4. The fourth-order valence-electron chi connectivity index (χ4n) is 10.2. The van der Waals surface area contributed by atoms with Crippen LogP contribution in [-0.4, -0.2) is 156 Å². The molecule has 5 fully saturated rings. The largest absolute Gasteiger partial charge is 0.394 e. The van der Waals surface area contributed by atoms with Gasteiger partial charge in [0.25, 0.3) is 0 Å². The number of rotatable bonds is 9. The van der Waals surface area contributed by atoms with Crippen LogP contribution >= 0.6 is 0 Å². The van der Waals surface area contributed by atoms with Crippen molar-refractivity contribution < 1.29 is 78.9 Å². The number of Topliss-reactive ketones (excluding diaryl/α,β-unsaturated/α-hetero) is 1. The van der Waals surface area contributed by atoms with Crippen molar-refractivity contribution in [3.63, 3.8) is 0 Å². The van der Waals surface area contributed by atoms with Crippen LogP contribution in [-0.2, 0) is 28.5 Å². The Morgan fingerprint density at radius 2 is 1.70 bits per heavy atom. The zero-order valence-corrected chi connectivity index (χ0v) is 28.2. The van der Waals surface area contributed by atoms with Crippen molar-refractivity contribution >= 4 is 11.6 Å². The third-order valence-corrected chi connectivity index (χ3v) is 13.1. The fourth-order valence-corrected chi connectivity index (χ4v) is 10.2. The van der Waals surface area contributed by atoms with E-state index in [4.69, 9.17) is 18.9 Å². The highest BCUT2D eigenvalue weighted by molar-refractivity contribution is 6.01. The SMILES string of the molecule is C[C@@H]1C[C@H]2[C@@H]3CCC4=CC(=O)C=C[C@]4(C)[C@@]3(F)[C@@H](O)C[C@]2(C)[C@@]1(O)C(=O)COC1(CO)O[C@H](CO)C(O[C@@H]2OC(CO)[C@H](O)[C@@H](O)C2O)[C@H]1O. The van der Waals surface area contributed by atoms with Gasteiger partial charge in [-0.3, -0.25) is 9.59 Å². The summed E-state index contributed by atoms with van der Waals surface area (Å²) in [5, 5.41) is 95.8. The Bertz CT molecular complexity index is 1410. The lowest BCUT2D eigenvalue weighted by atomic mass is 9.44. The molecule has 6 aliphatic rings. The van der Waals surface area contributed by atoms with Crippen LogP contribution in [0.1, 0.15) is 46.5 Å². The molecule has 9 N–H and O–H groups in total. The first-order valence-corrected chi connectivity index (χ1v) is 17.1. The number of fused-ring (bicyclic) bond motifs is 5. The molecule has 2 saturated heterocycles. The molecule has 0 aromatic rings. The maximum atomic E-state index is 17.5. The Balaban J connectivity index is 1.21. The highest BCUT2D eigenvalue weighted by atomic mass is 19.1. The van der Waals surface area contributed by atoms with Gasteiger partial charge in [0.2, 0.25) is 5.79 Å². The molecule has 15 nitrogen and oxygen atoms in total. The third kappa shape index (κ3) is 5.10. The van der Waals surface area contributed by atoms with Gasteiger partial charge in [-0.15, -0.1) is 0 Å². The summed E-state index contributed by atoms with van der Waals surface area (Å²) < 4.78 is 39.9. The maximum Gasteiger partial charge on any atom is 0.222 e. The van der Waals surface area contributed by atoms with E-state index in [1.165, 1.54) is 18.2 Å². The molecule has 2 aliphatic heterocycles. The molecule has 50 heavy (non-hydrogen) atoms. The van der Waals surface area contributed by atoms with E-state index < -0.39 is 133 Å². The minimum atomic E-state index is -2.40. The zero-order chi connectivity index (χ0) is 36.8. The van der Waals surface area contributed by atoms with E-state index >= 15 is 4.39 Å². The van der Waals surface area contributed by atoms with Gasteiger partial charge in [-0.25, -0.2) is 4.39 Å². The van der Waals surface area contributed by atoms with Crippen molar-refractivity contribution in [2.24, 2.45) is 28.6 Å². The van der Waals surface area contributed by atoms with E-state index in [-0.39, 0.29) is 25.0 Å². The van der Waals surface area contributed by atoms with Gasteiger partial charge in [0.1, 0.15) is 61.5 Å². The van der Waals surface area contributed by atoms with Crippen LogP contribution in [0.3, 0.4) is 0 Å². The van der Waals surface area contributed by atoms with Crippen LogP contribution in [0.4, 0.5) is 4.39 Å². The topological polar surface area (TPSA) is 253 Å². The van der Waals surface area contributed by atoms with Crippen LogP contribution in [0, 0.1) is 28.6 Å². The van der Waals surface area contributed by atoms with Gasteiger partial charge in [0.05, 0.1) is 19.3 Å². The van der Waals surface area contributed by atoms with Crippen molar-refractivity contribution in [1.82, 2.24) is 0 Å². The number of allylic oxidation sites excluding steroid dienone is 4. The van der Waals surface area contributed by atoms with Gasteiger partial charge in [0, 0.05) is 16.7 Å². The summed E-state index contributed by atoms with van der Waals surface area (Å²) in [4.78, 5) is 26.3. The monoisotopic (exact) mass is 716 g/mol. The number of ether oxygens (including phenoxy) is 4. The molecule has 3 saturated carbocycles. The summed E-state index contributed by atoms with van der Waals surface area (Å²) in [6, 6.07) is 0. The Kier molecular flexibility index (Phi) is 9.85. The van der Waals surface area contributed by atoms with Crippen molar-refractivity contribution in [1.29, 1.82) is 0 Å². The highest BCUT2D eigenvalue weighted by Gasteiger charge is 2.75. The second-order valence-electron chi connectivity index (χ2n) is 15.4. The number of aliphatic hydroxyl groups is 9. The number of carbonyl (C=O) groups is 2. The first-order valence-electron chi connectivity index (χ1n) is 17.1. The van der Waals surface area contributed by atoms with Gasteiger partial charge in [-0.1, -0.05) is 25.5 Å². The van der Waals surface area contributed by atoms with Crippen LogP contribution < -0.4 is 0 Å². The van der Waals surface area contributed by atoms with E-state index in [2.05, 4.69) is 0 Å². The smallest absolute Gasteiger partial charge is 0.222 e. The molecular formula is C34H49FO15. The van der Waals surface area contributed by atoms with Crippen LogP contribution in [0.15, 0.2) is 23.8 Å². The molecule has 0 radical (unpaired) electrons. The summed E-state index contributed by atoms with van der Waals surface area (Å²) in [7, 11) is 0. The second kappa shape index (κ2) is 13.0. The Morgan fingerprint density at radius 3 is 2.34 bits per heavy atom. The molecule has 4 aliphatic carbocycles. The second-order valence-corrected chi connectivity index (χ2v) is 15.4. The number of aliphatic hydroxyl groups excluding tert-OH is 8. The summed E-state index contributed by atoms with van der Waals surface area (Å²) in [6.45, 7) is 1.38. The molecule has 2 heterocycles. The van der Waals surface area contributed by atoms with Crippen LogP contribution in [0.5, 0.6) is 0 Å². The average molecular weight is 717 g/mol. The lowest BCUT2D eigenvalue weighted by Crippen LogP contribution is -2.69. The Hall–Kier alpha value is -1.77. The highest BCUT2D eigenvalue weighted by Crippen LogP contribution is 2.70. The van der Waals surface area contributed by atoms with E-state index in [1.54, 1.807) is 20.8 Å². The van der Waals surface area contributed by atoms with Crippen LogP contribution in [0.25, 0.3) is 0 Å². The van der Waals surface area contributed by atoms with Gasteiger partial charge in [-0.05, 0) is 56.6 Å². The predicted molar refractivity (Wildman–Crippen MR) is 165 cm³/mol.